The molecular formula is C42H38O18. The van der Waals surface area contributed by atoms with Crippen LogP contribution >= 0.6 is 0 Å². The van der Waals surface area contributed by atoms with Crippen LogP contribution in [0.2, 0.25) is 0 Å². The Labute approximate surface area is 339 Å². The number of hydrogen-bond donors (Lipinski definition) is 0. The molecule has 6 aliphatic heterocycles. The highest BCUT2D eigenvalue weighted by molar-refractivity contribution is 6.02. The molecule has 1 saturated carbocycles. The van der Waals surface area contributed by atoms with Crippen LogP contribution in [0.1, 0.15) is 81.8 Å². The fourth-order valence-electron chi connectivity index (χ4n) is 10.7. The molecule has 314 valence electrons. The molecule has 18 nitrogen and oxygen atoms in total. The van der Waals surface area contributed by atoms with Gasteiger partial charge in [-0.2, -0.15) is 0 Å². The van der Waals surface area contributed by atoms with Crippen molar-refractivity contribution in [2.75, 3.05) is 0 Å². The van der Waals surface area contributed by atoms with Crippen LogP contribution in [0.3, 0.4) is 0 Å². The van der Waals surface area contributed by atoms with Crippen LogP contribution in [-0.4, -0.2) is 71.6 Å². The summed E-state index contributed by atoms with van der Waals surface area (Å²) in [7, 11) is 0. The van der Waals surface area contributed by atoms with Gasteiger partial charge >= 0.3 is 71.6 Å². The van der Waals surface area contributed by atoms with Gasteiger partial charge in [0.15, 0.2) is 0 Å². The predicted molar refractivity (Wildman–Crippen MR) is 189 cm³/mol. The van der Waals surface area contributed by atoms with E-state index in [9.17, 15) is 57.5 Å². The van der Waals surface area contributed by atoms with Crippen molar-refractivity contribution in [3.63, 3.8) is 0 Å². The third-order valence-corrected chi connectivity index (χ3v) is 13.4. The standard InChI is InChI=1S/C16H12O6.C13H14O6.C13H12O6/c17-12-6-10(14(18)21-12)9-5-11-13(16(20)22-15(11)19)8-4-2-1-3-7(8)9;2*1-5-2-6(7-4-9(14)18-11(7)15)3-8-10(5)13(17)19-12(8)16/h1-4,9-11,13H,5-6H2;5-8,10H,2-4H2,1H3;2,6-8,10H,3-4H2,1H3. The first-order valence-corrected chi connectivity index (χ1v) is 19.8. The Hall–Kier alpha value is -6.20. The van der Waals surface area contributed by atoms with Crippen LogP contribution in [-0.2, 0) is 86.0 Å². The number of benzene rings is 1. The van der Waals surface area contributed by atoms with Crippen molar-refractivity contribution in [2.45, 2.75) is 70.6 Å². The van der Waals surface area contributed by atoms with Gasteiger partial charge in [-0.05, 0) is 67.4 Å². The molecule has 0 spiro atoms. The van der Waals surface area contributed by atoms with E-state index in [0.717, 1.165) is 11.1 Å². The molecule has 0 radical (unpaired) electrons. The third-order valence-electron chi connectivity index (χ3n) is 13.4. The first-order valence-electron chi connectivity index (χ1n) is 19.8. The first kappa shape index (κ1) is 40.6. The van der Waals surface area contributed by atoms with E-state index in [1.807, 2.05) is 19.1 Å². The molecule has 7 fully saturated rings. The molecule has 1 aromatic rings. The van der Waals surface area contributed by atoms with E-state index in [1.54, 1.807) is 25.1 Å². The average Bonchev–Trinajstić information content (AvgIpc) is 4.01. The molecule has 9 aliphatic rings. The fraction of sp³-hybridized carbons (Fsp3) is 0.524. The molecule has 60 heavy (non-hydrogen) atoms. The van der Waals surface area contributed by atoms with Crippen molar-refractivity contribution in [1.82, 2.24) is 0 Å². The predicted octanol–water partition coefficient (Wildman–Crippen LogP) is 1.84. The number of cyclic esters (lactones) is 12. The minimum absolute atomic E-state index is 0.0121. The summed E-state index contributed by atoms with van der Waals surface area (Å²) in [5.41, 5.74) is 2.27. The molecule has 10 rings (SSSR count). The summed E-state index contributed by atoms with van der Waals surface area (Å²) in [5.74, 6) is -11.7. The molecule has 13 unspecified atom stereocenters. The van der Waals surface area contributed by atoms with Crippen molar-refractivity contribution in [2.24, 2.45) is 65.1 Å². The van der Waals surface area contributed by atoms with Crippen molar-refractivity contribution in [3.05, 3.63) is 47.0 Å². The lowest BCUT2D eigenvalue weighted by Gasteiger charge is -2.34. The molecule has 0 amide bonds. The Kier molecular flexibility index (Phi) is 10.4. The summed E-state index contributed by atoms with van der Waals surface area (Å²) in [6.45, 7) is 3.62. The second-order valence-electron chi connectivity index (χ2n) is 16.8. The molecule has 0 aromatic heterocycles. The number of carbonyl (C=O) groups excluding carboxylic acids is 12. The van der Waals surface area contributed by atoms with Crippen LogP contribution in [0.5, 0.6) is 0 Å². The number of fused-ring (bicyclic) bond motifs is 5. The van der Waals surface area contributed by atoms with Crippen LogP contribution in [0.15, 0.2) is 35.9 Å². The second-order valence-corrected chi connectivity index (χ2v) is 16.8. The first-order chi connectivity index (χ1) is 28.5. The largest absolute Gasteiger partial charge is 0.393 e. The maximum absolute atomic E-state index is 11.9. The molecule has 13 atom stereocenters. The Bertz CT molecular complexity index is 2220. The smallest absolute Gasteiger partial charge is 0.321 e. The van der Waals surface area contributed by atoms with Gasteiger partial charge in [0.25, 0.3) is 0 Å². The highest BCUT2D eigenvalue weighted by atomic mass is 16.6. The molecule has 6 saturated heterocycles. The minimum Gasteiger partial charge on any atom is -0.393 e. The molecule has 6 heterocycles. The van der Waals surface area contributed by atoms with Gasteiger partial charge in [-0.1, -0.05) is 42.8 Å². The SMILES string of the molecule is CC1=CC(C2CC(=O)OC2=O)CC2C(=O)OC(=O)C12.CC1CC(C2CC(=O)OC2=O)CC2C(=O)OC(=O)C12.O=C1CC(C2CC3C(=O)OC(=O)C3c3ccccc32)C(=O)O1. The van der Waals surface area contributed by atoms with Crippen molar-refractivity contribution in [1.29, 1.82) is 0 Å². The third kappa shape index (κ3) is 7.14. The lowest BCUT2D eigenvalue weighted by Crippen LogP contribution is -2.37. The molecular weight excluding hydrogens is 792 g/mol. The zero-order valence-corrected chi connectivity index (χ0v) is 32.2. The highest BCUT2D eigenvalue weighted by Crippen LogP contribution is 2.51. The summed E-state index contributed by atoms with van der Waals surface area (Å²) in [6.07, 6.45) is 3.65. The molecule has 0 N–H and O–H groups in total. The van der Waals surface area contributed by atoms with E-state index in [0.29, 0.717) is 31.2 Å². The van der Waals surface area contributed by atoms with Gasteiger partial charge in [0, 0.05) is 0 Å². The molecule has 1 aromatic carbocycles. The van der Waals surface area contributed by atoms with Crippen LogP contribution in [0.4, 0.5) is 0 Å². The Balaban J connectivity index is 0.000000125. The zero-order valence-electron chi connectivity index (χ0n) is 32.2. The number of carbonyl (C=O) groups is 12. The summed E-state index contributed by atoms with van der Waals surface area (Å²) >= 11 is 0. The number of allylic oxidation sites excluding steroid dienone is 1. The normalized spacial score (nSPS) is 37.5. The van der Waals surface area contributed by atoms with Crippen LogP contribution < -0.4 is 0 Å². The number of hydrogen-bond acceptors (Lipinski definition) is 18. The van der Waals surface area contributed by atoms with Crippen molar-refractivity contribution < 1.29 is 86.0 Å². The zero-order chi connectivity index (χ0) is 42.9. The Morgan fingerprint density at radius 2 is 0.917 bits per heavy atom. The average molecular weight is 831 g/mol. The van der Waals surface area contributed by atoms with Gasteiger partial charge in [0.2, 0.25) is 0 Å². The van der Waals surface area contributed by atoms with Crippen LogP contribution in [0, 0.1) is 65.1 Å². The van der Waals surface area contributed by atoms with Gasteiger partial charge in [0.05, 0.1) is 72.5 Å². The topological polar surface area (TPSA) is 260 Å². The monoisotopic (exact) mass is 830 g/mol. The van der Waals surface area contributed by atoms with Gasteiger partial charge < -0.3 is 28.4 Å². The summed E-state index contributed by atoms with van der Waals surface area (Å²) < 4.78 is 27.8. The van der Waals surface area contributed by atoms with Crippen molar-refractivity contribution >= 4 is 71.6 Å². The van der Waals surface area contributed by atoms with E-state index < -0.39 is 125 Å². The molecule has 3 aliphatic carbocycles. The second kappa shape index (κ2) is 15.4. The van der Waals surface area contributed by atoms with E-state index in [1.165, 1.54) is 0 Å². The van der Waals surface area contributed by atoms with Gasteiger partial charge in [-0.3, -0.25) is 57.5 Å². The fourth-order valence-corrected chi connectivity index (χ4v) is 10.7. The minimum atomic E-state index is -0.604. The van der Waals surface area contributed by atoms with E-state index in [-0.39, 0.29) is 42.9 Å². The Morgan fingerprint density at radius 1 is 0.433 bits per heavy atom. The van der Waals surface area contributed by atoms with Gasteiger partial charge in [0.1, 0.15) is 0 Å². The number of rotatable bonds is 3. The number of ether oxygens (including phenoxy) is 6. The summed E-state index contributed by atoms with van der Waals surface area (Å²) in [5, 5.41) is 0. The lowest BCUT2D eigenvalue weighted by atomic mass is 9.66. The van der Waals surface area contributed by atoms with Gasteiger partial charge in [-0.25, -0.2) is 0 Å². The van der Waals surface area contributed by atoms with Gasteiger partial charge in [-0.15, -0.1) is 0 Å². The molecule has 18 heteroatoms. The molecule has 0 bridgehead atoms. The summed E-state index contributed by atoms with van der Waals surface area (Å²) in [6, 6.07) is 7.21. The summed E-state index contributed by atoms with van der Waals surface area (Å²) in [4.78, 5) is 139. The Morgan fingerprint density at radius 3 is 1.50 bits per heavy atom. The number of esters is 12. The van der Waals surface area contributed by atoms with E-state index >= 15 is 0 Å². The maximum Gasteiger partial charge on any atom is 0.321 e. The van der Waals surface area contributed by atoms with Crippen molar-refractivity contribution in [3.8, 4) is 0 Å². The van der Waals surface area contributed by atoms with E-state index in [2.05, 4.69) is 23.7 Å². The quantitative estimate of drug-likeness (QED) is 0.182. The lowest BCUT2D eigenvalue weighted by molar-refractivity contribution is -0.156. The highest BCUT2D eigenvalue weighted by Gasteiger charge is 2.56. The van der Waals surface area contributed by atoms with Crippen LogP contribution in [0.25, 0.3) is 0 Å². The maximum atomic E-state index is 11.9. The van der Waals surface area contributed by atoms with E-state index in [4.69, 9.17) is 4.74 Å².